The van der Waals surface area contributed by atoms with Crippen molar-refractivity contribution in [3.8, 4) is 0 Å². The Labute approximate surface area is 517 Å². The highest BCUT2D eigenvalue weighted by Crippen LogP contribution is 2.45. The minimum atomic E-state index is -4.95. The predicted molar refractivity (Wildman–Crippen MR) is 340 cm³/mol. The van der Waals surface area contributed by atoms with E-state index in [4.69, 9.17) is 37.0 Å². The SMILES string of the molecule is CCCCCCCCCCCCCCC(=O)OC[C@H](COP(=O)(O)OC[C@@H](O)COP(=O)(O)OC[C@@H](COC(=O)CCCCCCCCC(C)C)OC(=O)CCCCCCCCCCCC)OC(=O)CCCCCCCCCCCCC(C)CC. The van der Waals surface area contributed by atoms with Gasteiger partial charge in [-0.2, -0.15) is 0 Å². The number of unbranched alkanes of at least 4 members (excludes halogenated alkanes) is 34. The molecule has 0 aliphatic rings. The highest BCUT2D eigenvalue weighted by Gasteiger charge is 2.30. The highest BCUT2D eigenvalue weighted by molar-refractivity contribution is 7.47. The van der Waals surface area contributed by atoms with Crippen LogP contribution in [0, 0.1) is 11.8 Å². The van der Waals surface area contributed by atoms with Gasteiger partial charge < -0.3 is 33.8 Å². The van der Waals surface area contributed by atoms with Crippen LogP contribution >= 0.6 is 15.6 Å². The largest absolute Gasteiger partial charge is 0.472 e. The van der Waals surface area contributed by atoms with Gasteiger partial charge in [-0.3, -0.25) is 37.3 Å². The Morgan fingerprint density at radius 1 is 0.341 bits per heavy atom. The summed E-state index contributed by atoms with van der Waals surface area (Å²) in [5.74, 6) is -0.648. The van der Waals surface area contributed by atoms with Gasteiger partial charge in [0.05, 0.1) is 26.4 Å². The van der Waals surface area contributed by atoms with Crippen molar-refractivity contribution in [2.45, 2.75) is 349 Å². The van der Waals surface area contributed by atoms with E-state index in [-0.39, 0.29) is 25.7 Å². The lowest BCUT2D eigenvalue weighted by Gasteiger charge is -2.21. The first-order valence-electron chi connectivity index (χ1n) is 34.5. The summed E-state index contributed by atoms with van der Waals surface area (Å²) in [6.45, 7) is 9.45. The molecule has 0 fully saturated rings. The Morgan fingerprint density at radius 3 is 0.894 bits per heavy atom. The molecule has 0 amide bonds. The van der Waals surface area contributed by atoms with Gasteiger partial charge in [0, 0.05) is 25.7 Å². The van der Waals surface area contributed by atoms with Crippen molar-refractivity contribution in [1.29, 1.82) is 0 Å². The average molecular weight is 1260 g/mol. The number of hydrogen-bond acceptors (Lipinski definition) is 15. The molecule has 0 aliphatic heterocycles. The molecule has 6 atom stereocenters. The number of hydrogen-bond donors (Lipinski definition) is 3. The van der Waals surface area contributed by atoms with Crippen LogP contribution in [-0.4, -0.2) is 96.7 Å². The van der Waals surface area contributed by atoms with Crippen molar-refractivity contribution < 1.29 is 80.2 Å². The van der Waals surface area contributed by atoms with E-state index >= 15 is 0 Å². The zero-order valence-electron chi connectivity index (χ0n) is 54.9. The Balaban J connectivity index is 5.24. The summed E-state index contributed by atoms with van der Waals surface area (Å²) < 4.78 is 68.1. The second-order valence-corrected chi connectivity index (χ2v) is 27.5. The number of phosphoric ester groups is 2. The molecule has 0 aromatic rings. The summed E-state index contributed by atoms with van der Waals surface area (Å²) in [4.78, 5) is 72.3. The van der Waals surface area contributed by atoms with Gasteiger partial charge in [-0.05, 0) is 37.5 Å². The molecule has 0 aromatic carbocycles. The summed E-state index contributed by atoms with van der Waals surface area (Å²) in [6, 6.07) is 0. The molecule has 3 unspecified atom stereocenters. The van der Waals surface area contributed by atoms with Crippen molar-refractivity contribution in [2.75, 3.05) is 39.6 Å². The van der Waals surface area contributed by atoms with Crippen molar-refractivity contribution in [2.24, 2.45) is 11.8 Å². The molecule has 0 rings (SSSR count). The molecular formula is C66H128O17P2. The zero-order chi connectivity index (χ0) is 62.9. The van der Waals surface area contributed by atoms with E-state index < -0.39 is 97.5 Å². The number of esters is 4. The second-order valence-electron chi connectivity index (χ2n) is 24.6. The lowest BCUT2D eigenvalue weighted by Crippen LogP contribution is -2.30. The first-order chi connectivity index (χ1) is 40.9. The first-order valence-corrected chi connectivity index (χ1v) is 37.5. The molecule has 0 aliphatic carbocycles. The Kier molecular flexibility index (Phi) is 57.1. The average Bonchev–Trinajstić information content (AvgIpc) is 3.61. The van der Waals surface area contributed by atoms with Gasteiger partial charge in [-0.25, -0.2) is 9.13 Å². The topological polar surface area (TPSA) is 237 Å². The fourth-order valence-corrected chi connectivity index (χ4v) is 11.4. The maximum atomic E-state index is 13.0. The third kappa shape index (κ3) is 59.5. The highest BCUT2D eigenvalue weighted by atomic mass is 31.2. The smallest absolute Gasteiger partial charge is 0.462 e. The number of rotatable bonds is 65. The number of aliphatic hydroxyl groups excluding tert-OH is 1. The molecule has 19 heteroatoms. The van der Waals surface area contributed by atoms with Crippen molar-refractivity contribution >= 4 is 39.5 Å². The third-order valence-electron chi connectivity index (χ3n) is 15.6. The van der Waals surface area contributed by atoms with E-state index in [0.29, 0.717) is 31.6 Å². The molecule has 0 saturated carbocycles. The number of phosphoric acid groups is 2. The Hall–Kier alpha value is -1.94. The van der Waals surface area contributed by atoms with Gasteiger partial charge in [-0.15, -0.1) is 0 Å². The van der Waals surface area contributed by atoms with Crippen LogP contribution < -0.4 is 0 Å². The Morgan fingerprint density at radius 2 is 0.600 bits per heavy atom. The molecule has 0 heterocycles. The minimum Gasteiger partial charge on any atom is -0.462 e. The molecule has 85 heavy (non-hydrogen) atoms. The van der Waals surface area contributed by atoms with Crippen LogP contribution in [0.5, 0.6) is 0 Å². The summed E-state index contributed by atoms with van der Waals surface area (Å²) in [6.07, 6.45) is 41.6. The molecule has 0 saturated heterocycles. The van der Waals surface area contributed by atoms with Crippen LogP contribution in [0.2, 0.25) is 0 Å². The monoisotopic (exact) mass is 1250 g/mol. The minimum absolute atomic E-state index is 0.105. The van der Waals surface area contributed by atoms with Gasteiger partial charge >= 0.3 is 39.5 Å². The summed E-state index contributed by atoms with van der Waals surface area (Å²) in [5.41, 5.74) is 0. The standard InChI is InChI=1S/C66H128O17P2/c1-7-10-12-14-16-18-20-21-26-29-36-42-48-63(68)76-54-61(82-66(71)51-45-39-31-27-23-22-24-28-35-41-47-59(6)9-3)56-80-84(72,73)78-52-60(67)53-79-85(74,75)81-57-62(55-77-64(69)49-43-37-33-32-34-40-46-58(4)5)83-65(70)50-44-38-30-25-19-17-15-13-11-8-2/h58-62,67H,7-57H2,1-6H3,(H,72,73)(H,74,75)/t59?,60-,61-,62-/m1/s1. The van der Waals surface area contributed by atoms with Crippen molar-refractivity contribution in [3.05, 3.63) is 0 Å². The third-order valence-corrected chi connectivity index (χ3v) is 17.5. The van der Waals surface area contributed by atoms with E-state index in [1.54, 1.807) is 0 Å². The van der Waals surface area contributed by atoms with Gasteiger partial charge in [0.1, 0.15) is 19.3 Å². The van der Waals surface area contributed by atoms with Crippen LogP contribution in [0.15, 0.2) is 0 Å². The van der Waals surface area contributed by atoms with Crippen LogP contribution in [0.1, 0.15) is 330 Å². The summed E-state index contributed by atoms with van der Waals surface area (Å²) in [7, 11) is -9.89. The molecule has 17 nitrogen and oxygen atoms in total. The summed E-state index contributed by atoms with van der Waals surface area (Å²) in [5, 5.41) is 10.5. The quantitative estimate of drug-likeness (QED) is 0.0222. The normalized spacial score (nSPS) is 14.6. The lowest BCUT2D eigenvalue weighted by atomic mass is 9.99. The molecule has 0 spiro atoms. The van der Waals surface area contributed by atoms with E-state index in [9.17, 15) is 43.2 Å². The molecular weight excluding hydrogens is 1130 g/mol. The fraction of sp³-hybridized carbons (Fsp3) is 0.939. The second kappa shape index (κ2) is 58.4. The van der Waals surface area contributed by atoms with Gasteiger partial charge in [0.2, 0.25) is 0 Å². The first kappa shape index (κ1) is 83.1. The van der Waals surface area contributed by atoms with Crippen molar-refractivity contribution in [3.63, 3.8) is 0 Å². The zero-order valence-corrected chi connectivity index (χ0v) is 56.7. The van der Waals surface area contributed by atoms with Crippen molar-refractivity contribution in [1.82, 2.24) is 0 Å². The molecule has 3 N–H and O–H groups in total. The van der Waals surface area contributed by atoms with Crippen LogP contribution in [-0.2, 0) is 65.4 Å². The van der Waals surface area contributed by atoms with Gasteiger partial charge in [0.15, 0.2) is 12.2 Å². The molecule has 0 radical (unpaired) electrons. The van der Waals surface area contributed by atoms with Crippen LogP contribution in [0.3, 0.4) is 0 Å². The molecule has 0 aromatic heterocycles. The predicted octanol–water partition coefficient (Wildman–Crippen LogP) is 18.4. The summed E-state index contributed by atoms with van der Waals surface area (Å²) >= 11 is 0. The van der Waals surface area contributed by atoms with Gasteiger partial charge in [0.25, 0.3) is 0 Å². The van der Waals surface area contributed by atoms with E-state index in [1.165, 1.54) is 141 Å². The van der Waals surface area contributed by atoms with E-state index in [0.717, 1.165) is 102 Å². The Bertz CT molecular complexity index is 1670. The fourth-order valence-electron chi connectivity index (χ4n) is 9.85. The van der Waals surface area contributed by atoms with E-state index in [1.807, 2.05) is 0 Å². The van der Waals surface area contributed by atoms with Crippen LogP contribution in [0.4, 0.5) is 0 Å². The molecule has 504 valence electrons. The van der Waals surface area contributed by atoms with Crippen LogP contribution in [0.25, 0.3) is 0 Å². The van der Waals surface area contributed by atoms with Gasteiger partial charge in [-0.1, -0.05) is 279 Å². The number of ether oxygens (including phenoxy) is 4. The van der Waals surface area contributed by atoms with E-state index in [2.05, 4.69) is 41.5 Å². The lowest BCUT2D eigenvalue weighted by molar-refractivity contribution is -0.161. The maximum Gasteiger partial charge on any atom is 0.472 e. The number of aliphatic hydroxyl groups is 1. The molecule has 0 bridgehead atoms. The maximum absolute atomic E-state index is 13.0. The number of carbonyl (C=O) groups excluding carboxylic acids is 4. The number of carbonyl (C=O) groups is 4.